The van der Waals surface area contributed by atoms with Crippen molar-refractivity contribution < 1.29 is 0 Å². The molecule has 0 unspecified atom stereocenters. The predicted octanol–water partition coefficient (Wildman–Crippen LogP) is 3.50. The molecule has 0 aliphatic heterocycles. The molecule has 2 aromatic rings. The molecule has 0 bridgehead atoms. The smallest absolute Gasteiger partial charge is 0.106 e. The minimum atomic E-state index is 0.869. The lowest BCUT2D eigenvalue weighted by Crippen LogP contribution is -2.17. The number of imidazole rings is 1. The van der Waals surface area contributed by atoms with E-state index in [1.54, 1.807) is 0 Å². The van der Waals surface area contributed by atoms with Crippen molar-refractivity contribution in [1.29, 1.82) is 0 Å². The lowest BCUT2D eigenvalue weighted by molar-refractivity contribution is 0.623. The maximum absolute atomic E-state index is 4.43. The molecule has 0 aliphatic carbocycles. The summed E-state index contributed by atoms with van der Waals surface area (Å²) in [4.78, 5) is 4.43. The fourth-order valence-corrected chi connectivity index (χ4v) is 2.53. The molecule has 1 aromatic carbocycles. The third kappa shape index (κ3) is 3.91. The van der Waals surface area contributed by atoms with Crippen molar-refractivity contribution in [2.24, 2.45) is 0 Å². The van der Waals surface area contributed by atoms with Gasteiger partial charge in [0, 0.05) is 23.8 Å². The Balaban J connectivity index is 2.12. The Morgan fingerprint density at radius 3 is 2.95 bits per heavy atom. The summed E-state index contributed by atoms with van der Waals surface area (Å²) in [5.41, 5.74) is 2.53. The zero-order valence-corrected chi connectivity index (χ0v) is 13.1. The van der Waals surface area contributed by atoms with Crippen molar-refractivity contribution in [3.05, 3.63) is 52.0 Å². The molecule has 1 N–H and O–H groups in total. The minimum Gasteiger partial charge on any atom is -0.327 e. The molecule has 0 saturated carbocycles. The normalized spacial score (nSPS) is 10.9. The van der Waals surface area contributed by atoms with Crippen molar-refractivity contribution >= 4 is 15.9 Å². The first kappa shape index (κ1) is 14.3. The van der Waals surface area contributed by atoms with Crippen molar-refractivity contribution in [3.63, 3.8) is 0 Å². The quantitative estimate of drug-likeness (QED) is 0.825. The van der Waals surface area contributed by atoms with E-state index in [0.717, 1.165) is 36.4 Å². The van der Waals surface area contributed by atoms with Crippen LogP contribution >= 0.6 is 15.9 Å². The molecule has 0 atom stereocenters. The van der Waals surface area contributed by atoms with Crippen LogP contribution in [0.3, 0.4) is 0 Å². The molecule has 0 radical (unpaired) electrons. The molecule has 0 amide bonds. The Bertz CT molecular complexity index is 534. The van der Waals surface area contributed by atoms with Crippen molar-refractivity contribution in [2.75, 3.05) is 6.54 Å². The highest BCUT2D eigenvalue weighted by Gasteiger charge is 2.07. The van der Waals surface area contributed by atoms with Gasteiger partial charge in [-0.3, -0.25) is 0 Å². The van der Waals surface area contributed by atoms with Gasteiger partial charge in [-0.05, 0) is 37.6 Å². The zero-order valence-electron chi connectivity index (χ0n) is 11.5. The SMILES string of the molecule is CCCNCc1cnc(C)n1Cc1cccc(Br)c1. The van der Waals surface area contributed by atoms with Crippen LogP contribution in [0.5, 0.6) is 0 Å². The number of benzene rings is 1. The second-order valence-electron chi connectivity index (χ2n) is 4.69. The van der Waals surface area contributed by atoms with Crippen LogP contribution in [0.1, 0.15) is 30.4 Å². The van der Waals surface area contributed by atoms with Gasteiger partial charge in [0.05, 0.1) is 5.69 Å². The Hall–Kier alpha value is -1.13. The fourth-order valence-electron chi connectivity index (χ4n) is 2.08. The van der Waals surface area contributed by atoms with E-state index in [4.69, 9.17) is 0 Å². The largest absolute Gasteiger partial charge is 0.327 e. The molecule has 1 aromatic heterocycles. The fraction of sp³-hybridized carbons (Fsp3) is 0.400. The van der Waals surface area contributed by atoms with E-state index in [0.29, 0.717) is 0 Å². The van der Waals surface area contributed by atoms with Gasteiger partial charge < -0.3 is 9.88 Å². The highest BCUT2D eigenvalue weighted by Crippen LogP contribution is 2.15. The van der Waals surface area contributed by atoms with Crippen molar-refractivity contribution in [2.45, 2.75) is 33.4 Å². The molecular formula is C15H20BrN3. The van der Waals surface area contributed by atoms with Crippen LogP contribution in [-0.2, 0) is 13.1 Å². The average molecular weight is 322 g/mol. The number of halogens is 1. The summed E-state index contributed by atoms with van der Waals surface area (Å²) in [6.45, 7) is 7.02. The third-order valence-corrected chi connectivity index (χ3v) is 3.59. The van der Waals surface area contributed by atoms with Gasteiger partial charge in [-0.25, -0.2) is 4.98 Å². The van der Waals surface area contributed by atoms with Gasteiger partial charge in [0.25, 0.3) is 0 Å². The summed E-state index contributed by atoms with van der Waals surface area (Å²) in [6.07, 6.45) is 3.12. The molecule has 0 saturated heterocycles. The number of aromatic nitrogens is 2. The minimum absolute atomic E-state index is 0.869. The summed E-state index contributed by atoms with van der Waals surface area (Å²) in [6, 6.07) is 8.42. The second kappa shape index (κ2) is 6.87. The van der Waals surface area contributed by atoms with Gasteiger partial charge >= 0.3 is 0 Å². The number of hydrogen-bond acceptors (Lipinski definition) is 2. The van der Waals surface area contributed by atoms with Crippen LogP contribution in [-0.4, -0.2) is 16.1 Å². The summed E-state index contributed by atoms with van der Waals surface area (Å²) in [5, 5.41) is 3.43. The standard InChI is InChI=1S/C15H20BrN3/c1-3-7-17-9-15-10-18-12(2)19(15)11-13-5-4-6-14(16)8-13/h4-6,8,10,17H,3,7,9,11H2,1-2H3. The first-order valence-electron chi connectivity index (χ1n) is 6.67. The van der Waals surface area contributed by atoms with E-state index in [9.17, 15) is 0 Å². The molecule has 19 heavy (non-hydrogen) atoms. The van der Waals surface area contributed by atoms with Gasteiger partial charge in [0.15, 0.2) is 0 Å². The van der Waals surface area contributed by atoms with Crippen molar-refractivity contribution in [1.82, 2.24) is 14.9 Å². The van der Waals surface area contributed by atoms with Crippen LogP contribution in [0.4, 0.5) is 0 Å². The van der Waals surface area contributed by atoms with Crippen LogP contribution in [0.2, 0.25) is 0 Å². The van der Waals surface area contributed by atoms with E-state index in [1.807, 2.05) is 12.3 Å². The molecule has 1 heterocycles. The molecule has 0 aliphatic rings. The molecule has 0 spiro atoms. The van der Waals surface area contributed by atoms with Gasteiger partial charge in [0.2, 0.25) is 0 Å². The molecule has 2 rings (SSSR count). The number of nitrogens with zero attached hydrogens (tertiary/aromatic N) is 2. The molecule has 3 nitrogen and oxygen atoms in total. The van der Waals surface area contributed by atoms with E-state index in [-0.39, 0.29) is 0 Å². The van der Waals surface area contributed by atoms with E-state index in [1.165, 1.54) is 11.3 Å². The van der Waals surface area contributed by atoms with Crippen molar-refractivity contribution in [3.8, 4) is 0 Å². The number of aryl methyl sites for hydroxylation is 1. The van der Waals surface area contributed by atoms with Crippen LogP contribution < -0.4 is 5.32 Å². The maximum Gasteiger partial charge on any atom is 0.106 e. The third-order valence-electron chi connectivity index (χ3n) is 3.10. The summed E-state index contributed by atoms with van der Waals surface area (Å²) >= 11 is 3.52. The van der Waals surface area contributed by atoms with Gasteiger partial charge in [-0.2, -0.15) is 0 Å². The molecule has 0 fully saturated rings. The highest BCUT2D eigenvalue weighted by atomic mass is 79.9. The lowest BCUT2D eigenvalue weighted by atomic mass is 10.2. The second-order valence-corrected chi connectivity index (χ2v) is 5.61. The maximum atomic E-state index is 4.43. The number of nitrogens with one attached hydrogen (secondary N) is 1. The molecule has 4 heteroatoms. The first-order valence-corrected chi connectivity index (χ1v) is 7.46. The first-order chi connectivity index (χ1) is 9.20. The summed E-state index contributed by atoms with van der Waals surface area (Å²) < 4.78 is 3.39. The van der Waals surface area contributed by atoms with E-state index in [2.05, 4.69) is 62.8 Å². The summed E-state index contributed by atoms with van der Waals surface area (Å²) in [5.74, 6) is 1.06. The van der Waals surface area contributed by atoms with Crippen LogP contribution in [0.25, 0.3) is 0 Å². The molecular weight excluding hydrogens is 302 g/mol. The average Bonchev–Trinajstić information content (AvgIpc) is 2.72. The topological polar surface area (TPSA) is 29.9 Å². The monoisotopic (exact) mass is 321 g/mol. The van der Waals surface area contributed by atoms with Gasteiger partial charge in [0.1, 0.15) is 5.82 Å². The Labute approximate surface area is 123 Å². The Morgan fingerprint density at radius 1 is 1.37 bits per heavy atom. The Morgan fingerprint density at radius 2 is 2.21 bits per heavy atom. The number of hydrogen-bond donors (Lipinski definition) is 1. The van der Waals surface area contributed by atoms with Gasteiger partial charge in [-0.1, -0.05) is 35.0 Å². The van der Waals surface area contributed by atoms with Crippen LogP contribution in [0, 0.1) is 6.92 Å². The highest BCUT2D eigenvalue weighted by molar-refractivity contribution is 9.10. The Kier molecular flexibility index (Phi) is 5.16. The lowest BCUT2D eigenvalue weighted by Gasteiger charge is -2.11. The van der Waals surface area contributed by atoms with E-state index >= 15 is 0 Å². The zero-order chi connectivity index (χ0) is 13.7. The summed E-state index contributed by atoms with van der Waals surface area (Å²) in [7, 11) is 0. The van der Waals surface area contributed by atoms with Gasteiger partial charge in [-0.15, -0.1) is 0 Å². The van der Waals surface area contributed by atoms with Crippen LogP contribution in [0.15, 0.2) is 34.9 Å². The van der Waals surface area contributed by atoms with E-state index < -0.39 is 0 Å². The predicted molar refractivity (Wildman–Crippen MR) is 82.2 cm³/mol. The number of rotatable bonds is 6. The molecule has 102 valence electrons.